The van der Waals surface area contributed by atoms with Gasteiger partial charge in [-0.05, 0) is 44.0 Å². The van der Waals surface area contributed by atoms with E-state index < -0.39 is 11.6 Å². The highest BCUT2D eigenvalue weighted by Crippen LogP contribution is 2.33. The number of hydrogen-bond donors (Lipinski definition) is 0. The van der Waals surface area contributed by atoms with Gasteiger partial charge in [-0.25, -0.2) is 13.5 Å². The van der Waals surface area contributed by atoms with Crippen LogP contribution in [0.2, 0.25) is 0 Å². The third-order valence-corrected chi connectivity index (χ3v) is 5.69. The third-order valence-electron chi connectivity index (χ3n) is 5.69. The number of rotatable bonds is 8. The summed E-state index contributed by atoms with van der Waals surface area (Å²) in [6.45, 7) is 5.04. The Kier molecular flexibility index (Phi) is 7.03. The fraction of sp³-hybridized carbons (Fsp3) is 0.360. The maximum atomic E-state index is 14.4. The highest BCUT2D eigenvalue weighted by atomic mass is 19.1. The molecule has 2 heterocycles. The monoisotopic (exact) mass is 455 g/mol. The average Bonchev–Trinajstić information content (AvgIpc) is 3.43. The summed E-state index contributed by atoms with van der Waals surface area (Å²) >= 11 is 0. The summed E-state index contributed by atoms with van der Waals surface area (Å²) in [7, 11) is 0. The smallest absolute Gasteiger partial charge is 0.228 e. The minimum absolute atomic E-state index is 0.0103. The maximum absolute atomic E-state index is 14.4. The largest absolute Gasteiger partial charge is 0.435 e. The lowest BCUT2D eigenvalue weighted by Gasteiger charge is -2.25. The number of benzene rings is 2. The number of aryl methyl sites for hydroxylation is 1. The lowest BCUT2D eigenvalue weighted by atomic mass is 10.2. The van der Waals surface area contributed by atoms with Crippen molar-refractivity contribution in [1.29, 1.82) is 0 Å². The van der Waals surface area contributed by atoms with E-state index >= 15 is 0 Å². The molecular formula is C25H27F2N3O3. The molecule has 0 saturated carbocycles. The number of aromatic nitrogens is 2. The van der Waals surface area contributed by atoms with E-state index in [2.05, 4.69) is 5.10 Å². The standard InChI is InChI=1S/C25H27F2N3O3/c1-3-24(31)29(15-20-10-7-13-32-20)16-21-17(2)28-30(19-8-5-4-6-9-19)25(21)33-23-12-11-18(26)14-22(23)27/h4-6,8-9,11-12,14,20H,3,7,10,13,15-16H2,1-2H3/t20-/m0/s1. The van der Waals surface area contributed by atoms with Gasteiger partial charge < -0.3 is 14.4 Å². The van der Waals surface area contributed by atoms with Crippen molar-refractivity contribution in [3.63, 3.8) is 0 Å². The first-order chi connectivity index (χ1) is 16.0. The van der Waals surface area contributed by atoms with Crippen molar-refractivity contribution in [2.75, 3.05) is 13.2 Å². The molecule has 0 bridgehead atoms. The van der Waals surface area contributed by atoms with Gasteiger partial charge in [0.25, 0.3) is 0 Å². The molecule has 3 aromatic rings. The van der Waals surface area contributed by atoms with Crippen molar-refractivity contribution in [3.8, 4) is 17.3 Å². The van der Waals surface area contributed by atoms with Crippen LogP contribution in [0.15, 0.2) is 48.5 Å². The highest BCUT2D eigenvalue weighted by molar-refractivity contribution is 5.76. The summed E-state index contributed by atoms with van der Waals surface area (Å²) in [6, 6.07) is 12.5. The number of amides is 1. The van der Waals surface area contributed by atoms with Gasteiger partial charge in [0.05, 0.1) is 29.6 Å². The molecule has 2 aromatic carbocycles. The van der Waals surface area contributed by atoms with Gasteiger partial charge in [0.2, 0.25) is 11.8 Å². The molecule has 0 N–H and O–H groups in total. The molecule has 1 aliphatic rings. The molecule has 1 aromatic heterocycles. The third kappa shape index (κ3) is 5.22. The minimum atomic E-state index is -0.819. The van der Waals surface area contributed by atoms with E-state index in [1.165, 1.54) is 6.07 Å². The van der Waals surface area contributed by atoms with E-state index in [0.717, 1.165) is 30.7 Å². The maximum Gasteiger partial charge on any atom is 0.228 e. The van der Waals surface area contributed by atoms with Crippen molar-refractivity contribution >= 4 is 5.91 Å². The number of nitrogens with zero attached hydrogens (tertiary/aromatic N) is 3. The first-order valence-corrected chi connectivity index (χ1v) is 11.1. The number of halogens is 2. The fourth-order valence-corrected chi connectivity index (χ4v) is 3.93. The van der Waals surface area contributed by atoms with Crippen LogP contribution in [-0.4, -0.2) is 39.8 Å². The van der Waals surface area contributed by atoms with E-state index in [0.29, 0.717) is 30.8 Å². The molecule has 1 aliphatic heterocycles. The van der Waals surface area contributed by atoms with E-state index in [4.69, 9.17) is 9.47 Å². The van der Waals surface area contributed by atoms with Crippen LogP contribution in [0.4, 0.5) is 8.78 Å². The molecule has 4 rings (SSSR count). The molecule has 1 amide bonds. The normalized spacial score (nSPS) is 15.6. The van der Waals surface area contributed by atoms with Crippen molar-refractivity contribution in [2.24, 2.45) is 0 Å². The predicted octanol–water partition coefficient (Wildman–Crippen LogP) is 5.17. The van der Waals surface area contributed by atoms with Crippen LogP contribution in [0.3, 0.4) is 0 Å². The predicted molar refractivity (Wildman–Crippen MR) is 119 cm³/mol. The molecule has 1 atom stereocenters. The molecule has 0 spiro atoms. The molecule has 1 saturated heterocycles. The SMILES string of the molecule is CCC(=O)N(Cc1c(C)nn(-c2ccccc2)c1Oc1ccc(F)cc1F)C[C@@H]1CCCO1. The number of hydrogen-bond acceptors (Lipinski definition) is 4. The zero-order valence-electron chi connectivity index (χ0n) is 18.8. The van der Waals surface area contributed by atoms with E-state index in [1.54, 1.807) is 9.58 Å². The summed E-state index contributed by atoms with van der Waals surface area (Å²) < 4.78 is 41.2. The van der Waals surface area contributed by atoms with Gasteiger partial charge in [-0.3, -0.25) is 4.79 Å². The van der Waals surface area contributed by atoms with Crippen LogP contribution < -0.4 is 4.74 Å². The second kappa shape index (κ2) is 10.1. The Morgan fingerprint density at radius 2 is 2.03 bits per heavy atom. The van der Waals surface area contributed by atoms with Gasteiger partial charge in [-0.2, -0.15) is 5.10 Å². The molecule has 174 valence electrons. The second-order valence-corrected chi connectivity index (χ2v) is 8.06. The zero-order chi connectivity index (χ0) is 23.4. The van der Waals surface area contributed by atoms with Crippen LogP contribution in [0.1, 0.15) is 37.4 Å². The summed E-state index contributed by atoms with van der Waals surface area (Å²) in [5, 5.41) is 4.62. The summed E-state index contributed by atoms with van der Waals surface area (Å²) in [6.07, 6.45) is 2.22. The van der Waals surface area contributed by atoms with Crippen LogP contribution in [0.25, 0.3) is 5.69 Å². The van der Waals surface area contributed by atoms with Crippen molar-refractivity contribution in [2.45, 2.75) is 45.8 Å². The van der Waals surface area contributed by atoms with Crippen LogP contribution in [0.5, 0.6) is 11.6 Å². The Morgan fingerprint density at radius 1 is 1.24 bits per heavy atom. The summed E-state index contributed by atoms with van der Waals surface area (Å²) in [5.74, 6) is -1.37. The molecule has 0 aliphatic carbocycles. The van der Waals surface area contributed by atoms with Crippen molar-refractivity contribution in [3.05, 3.63) is 71.4 Å². The van der Waals surface area contributed by atoms with Crippen LogP contribution in [-0.2, 0) is 16.1 Å². The molecular weight excluding hydrogens is 428 g/mol. The minimum Gasteiger partial charge on any atom is -0.435 e. The highest BCUT2D eigenvalue weighted by Gasteiger charge is 2.27. The van der Waals surface area contributed by atoms with Gasteiger partial charge in [0, 0.05) is 25.6 Å². The zero-order valence-corrected chi connectivity index (χ0v) is 18.8. The van der Waals surface area contributed by atoms with Gasteiger partial charge in [0.1, 0.15) is 5.82 Å². The summed E-state index contributed by atoms with van der Waals surface area (Å²) in [4.78, 5) is 14.5. The molecule has 0 unspecified atom stereocenters. The summed E-state index contributed by atoms with van der Waals surface area (Å²) in [5.41, 5.74) is 2.02. The quantitative estimate of drug-likeness (QED) is 0.470. The topological polar surface area (TPSA) is 56.6 Å². The van der Waals surface area contributed by atoms with E-state index in [9.17, 15) is 13.6 Å². The molecule has 8 heteroatoms. The number of carbonyl (C=O) groups excluding carboxylic acids is 1. The van der Waals surface area contributed by atoms with E-state index in [1.807, 2.05) is 44.2 Å². The van der Waals surface area contributed by atoms with Gasteiger partial charge >= 0.3 is 0 Å². The van der Waals surface area contributed by atoms with Gasteiger partial charge in [-0.15, -0.1) is 0 Å². The number of carbonyl (C=O) groups is 1. The Labute approximate surface area is 191 Å². The Morgan fingerprint density at radius 3 is 2.70 bits per heavy atom. The van der Waals surface area contributed by atoms with Crippen molar-refractivity contribution < 1.29 is 23.0 Å². The average molecular weight is 456 g/mol. The second-order valence-electron chi connectivity index (χ2n) is 8.06. The lowest BCUT2D eigenvalue weighted by Crippen LogP contribution is -2.36. The van der Waals surface area contributed by atoms with Crippen LogP contribution in [0, 0.1) is 18.6 Å². The molecule has 6 nitrogen and oxygen atoms in total. The first kappa shape index (κ1) is 22.9. The molecule has 1 fully saturated rings. The first-order valence-electron chi connectivity index (χ1n) is 11.1. The van der Waals surface area contributed by atoms with Crippen LogP contribution >= 0.6 is 0 Å². The lowest BCUT2D eigenvalue weighted by molar-refractivity contribution is -0.133. The number of para-hydroxylation sites is 1. The number of ether oxygens (including phenoxy) is 2. The Balaban J connectivity index is 1.74. The van der Waals surface area contributed by atoms with E-state index in [-0.39, 0.29) is 30.2 Å². The van der Waals surface area contributed by atoms with Crippen molar-refractivity contribution in [1.82, 2.24) is 14.7 Å². The molecule has 33 heavy (non-hydrogen) atoms. The van der Waals surface area contributed by atoms with Gasteiger partial charge in [0.15, 0.2) is 11.6 Å². The van der Waals surface area contributed by atoms with Gasteiger partial charge in [-0.1, -0.05) is 25.1 Å². The Bertz CT molecular complexity index is 1110. The Hall–Kier alpha value is -3.26. The molecule has 0 radical (unpaired) electrons. The fourth-order valence-electron chi connectivity index (χ4n) is 3.93.